The molecule has 3 nitrogen and oxygen atoms in total. The van der Waals surface area contributed by atoms with Crippen molar-refractivity contribution in [3.05, 3.63) is 59.1 Å². The third-order valence-corrected chi connectivity index (χ3v) is 2.75. The van der Waals surface area contributed by atoms with Crippen LogP contribution in [0.1, 0.15) is 5.56 Å². The van der Waals surface area contributed by atoms with Crippen molar-refractivity contribution >= 4 is 29.7 Å². The van der Waals surface area contributed by atoms with Gasteiger partial charge < -0.3 is 10.2 Å². The van der Waals surface area contributed by atoms with Crippen LogP contribution in [-0.4, -0.2) is 0 Å². The standard InChI is InChI=1S/C13H13ClN2O.ClH/c14-13-11(16-15)7-4-8-12(13)17-9-10-5-2-1-3-6-10;/h1-8,16H,9,15H2;1H. The van der Waals surface area contributed by atoms with E-state index in [0.29, 0.717) is 23.1 Å². The minimum atomic E-state index is 0. The Hall–Kier alpha value is -1.42. The molecule has 0 heterocycles. The third kappa shape index (κ3) is 3.53. The van der Waals surface area contributed by atoms with E-state index in [1.165, 1.54) is 0 Å². The van der Waals surface area contributed by atoms with E-state index in [-0.39, 0.29) is 12.4 Å². The lowest BCUT2D eigenvalue weighted by Gasteiger charge is -2.10. The molecule has 0 atom stereocenters. The van der Waals surface area contributed by atoms with Crippen molar-refractivity contribution in [3.63, 3.8) is 0 Å². The SMILES string of the molecule is Cl.NNc1cccc(OCc2ccccc2)c1Cl. The van der Waals surface area contributed by atoms with Crippen LogP contribution in [0.5, 0.6) is 5.75 Å². The quantitative estimate of drug-likeness (QED) is 0.666. The molecule has 0 bridgehead atoms. The Kier molecular flexibility index (Phi) is 5.78. The molecule has 2 aromatic carbocycles. The monoisotopic (exact) mass is 284 g/mol. The zero-order chi connectivity index (χ0) is 12.1. The Morgan fingerprint density at radius 1 is 1.06 bits per heavy atom. The highest BCUT2D eigenvalue weighted by molar-refractivity contribution is 6.34. The first kappa shape index (κ1) is 14.6. The van der Waals surface area contributed by atoms with E-state index in [4.69, 9.17) is 22.2 Å². The molecule has 18 heavy (non-hydrogen) atoms. The van der Waals surface area contributed by atoms with Gasteiger partial charge in [-0.1, -0.05) is 48.0 Å². The van der Waals surface area contributed by atoms with Crippen LogP contribution in [0, 0.1) is 0 Å². The molecule has 0 aliphatic carbocycles. The maximum Gasteiger partial charge on any atom is 0.140 e. The van der Waals surface area contributed by atoms with Gasteiger partial charge in [0.25, 0.3) is 0 Å². The number of hydrogen-bond acceptors (Lipinski definition) is 3. The van der Waals surface area contributed by atoms with Crippen LogP contribution in [0.3, 0.4) is 0 Å². The summed E-state index contributed by atoms with van der Waals surface area (Å²) in [5, 5.41) is 0.492. The summed E-state index contributed by atoms with van der Waals surface area (Å²) in [5.74, 6) is 5.95. The van der Waals surface area contributed by atoms with Crippen molar-refractivity contribution in [2.45, 2.75) is 6.61 Å². The number of nitrogens with two attached hydrogens (primary N) is 1. The molecule has 0 amide bonds. The average molecular weight is 285 g/mol. The van der Waals surface area contributed by atoms with Crippen LogP contribution in [0.4, 0.5) is 5.69 Å². The van der Waals surface area contributed by atoms with E-state index in [1.54, 1.807) is 6.07 Å². The van der Waals surface area contributed by atoms with E-state index < -0.39 is 0 Å². The number of nitrogens with one attached hydrogen (secondary N) is 1. The van der Waals surface area contributed by atoms with Crippen LogP contribution in [-0.2, 0) is 6.61 Å². The second-order valence-corrected chi connectivity index (χ2v) is 3.91. The van der Waals surface area contributed by atoms with Gasteiger partial charge in [0.15, 0.2) is 0 Å². The number of hydrazine groups is 1. The van der Waals surface area contributed by atoms with Gasteiger partial charge in [0.2, 0.25) is 0 Å². The van der Waals surface area contributed by atoms with Crippen molar-refractivity contribution in [1.82, 2.24) is 0 Å². The topological polar surface area (TPSA) is 47.3 Å². The maximum atomic E-state index is 6.11. The van der Waals surface area contributed by atoms with E-state index in [0.717, 1.165) is 5.56 Å². The molecule has 3 N–H and O–H groups in total. The summed E-state index contributed by atoms with van der Waals surface area (Å²) in [4.78, 5) is 0. The summed E-state index contributed by atoms with van der Waals surface area (Å²) < 4.78 is 5.64. The van der Waals surface area contributed by atoms with E-state index >= 15 is 0 Å². The second kappa shape index (κ2) is 7.11. The van der Waals surface area contributed by atoms with Crippen molar-refractivity contribution in [2.24, 2.45) is 5.84 Å². The van der Waals surface area contributed by atoms with Gasteiger partial charge in [-0.05, 0) is 17.7 Å². The van der Waals surface area contributed by atoms with Gasteiger partial charge in [0.05, 0.1) is 5.69 Å². The maximum absolute atomic E-state index is 6.11. The van der Waals surface area contributed by atoms with Gasteiger partial charge in [0.1, 0.15) is 17.4 Å². The minimum Gasteiger partial charge on any atom is -0.487 e. The molecule has 0 aliphatic heterocycles. The van der Waals surface area contributed by atoms with Gasteiger partial charge in [0, 0.05) is 0 Å². The number of ether oxygens (including phenoxy) is 1. The zero-order valence-electron chi connectivity index (χ0n) is 9.60. The van der Waals surface area contributed by atoms with Crippen LogP contribution in [0.25, 0.3) is 0 Å². The first-order valence-electron chi connectivity index (χ1n) is 5.23. The Morgan fingerprint density at radius 3 is 2.44 bits per heavy atom. The van der Waals surface area contributed by atoms with Crippen molar-refractivity contribution in [2.75, 3.05) is 5.43 Å². The highest BCUT2D eigenvalue weighted by atomic mass is 35.5. The van der Waals surface area contributed by atoms with Crippen LogP contribution in [0.15, 0.2) is 48.5 Å². The molecular formula is C13H14Cl2N2O. The number of halogens is 2. The van der Waals surface area contributed by atoms with Gasteiger partial charge in [-0.15, -0.1) is 12.4 Å². The molecule has 96 valence electrons. The molecule has 2 aromatic rings. The molecule has 5 heteroatoms. The highest BCUT2D eigenvalue weighted by Gasteiger charge is 2.05. The van der Waals surface area contributed by atoms with Crippen molar-refractivity contribution < 1.29 is 4.74 Å². The Balaban J connectivity index is 0.00000162. The molecule has 2 rings (SSSR count). The molecule has 0 aliphatic rings. The number of anilines is 1. The third-order valence-electron chi connectivity index (χ3n) is 2.36. The normalized spacial score (nSPS) is 9.44. The Bertz CT molecular complexity index is 492. The van der Waals surface area contributed by atoms with Crippen LogP contribution < -0.4 is 16.0 Å². The largest absolute Gasteiger partial charge is 0.487 e. The summed E-state index contributed by atoms with van der Waals surface area (Å²) in [5.41, 5.74) is 4.26. The number of hydrogen-bond donors (Lipinski definition) is 2. The van der Waals surface area contributed by atoms with E-state index in [9.17, 15) is 0 Å². The molecule has 0 spiro atoms. The lowest BCUT2D eigenvalue weighted by molar-refractivity contribution is 0.306. The Labute approximate surface area is 117 Å². The van der Waals surface area contributed by atoms with Gasteiger partial charge in [-0.25, -0.2) is 0 Å². The molecule has 0 fully saturated rings. The van der Waals surface area contributed by atoms with Gasteiger partial charge >= 0.3 is 0 Å². The predicted octanol–water partition coefficient (Wildman–Crippen LogP) is 3.63. The molecule has 0 aromatic heterocycles. The molecule has 0 saturated heterocycles. The van der Waals surface area contributed by atoms with Crippen molar-refractivity contribution in [1.29, 1.82) is 0 Å². The first-order valence-corrected chi connectivity index (χ1v) is 5.61. The van der Waals surface area contributed by atoms with Gasteiger partial charge in [-0.2, -0.15) is 0 Å². The van der Waals surface area contributed by atoms with Crippen molar-refractivity contribution in [3.8, 4) is 5.75 Å². The molecule has 0 radical (unpaired) electrons. The fourth-order valence-corrected chi connectivity index (χ4v) is 1.70. The lowest BCUT2D eigenvalue weighted by atomic mass is 10.2. The number of rotatable bonds is 4. The fraction of sp³-hybridized carbons (Fsp3) is 0.0769. The number of benzene rings is 2. The summed E-state index contributed by atoms with van der Waals surface area (Å²) in [6.45, 7) is 0.481. The molecule has 0 saturated carbocycles. The summed E-state index contributed by atoms with van der Waals surface area (Å²) in [6, 6.07) is 15.3. The summed E-state index contributed by atoms with van der Waals surface area (Å²) in [7, 11) is 0. The summed E-state index contributed by atoms with van der Waals surface area (Å²) >= 11 is 6.11. The van der Waals surface area contributed by atoms with Crippen LogP contribution >= 0.6 is 24.0 Å². The fourth-order valence-electron chi connectivity index (χ4n) is 1.47. The molecule has 0 unspecified atom stereocenters. The minimum absolute atomic E-state index is 0. The second-order valence-electron chi connectivity index (χ2n) is 3.54. The van der Waals surface area contributed by atoms with E-state index in [2.05, 4.69) is 5.43 Å². The first-order chi connectivity index (χ1) is 8.31. The zero-order valence-corrected chi connectivity index (χ0v) is 11.2. The van der Waals surface area contributed by atoms with Crippen LogP contribution in [0.2, 0.25) is 5.02 Å². The highest BCUT2D eigenvalue weighted by Crippen LogP contribution is 2.31. The Morgan fingerprint density at radius 2 is 1.78 bits per heavy atom. The molecular weight excluding hydrogens is 271 g/mol. The summed E-state index contributed by atoms with van der Waals surface area (Å²) in [6.07, 6.45) is 0. The van der Waals surface area contributed by atoms with Gasteiger partial charge in [-0.3, -0.25) is 5.84 Å². The number of nitrogen functional groups attached to an aromatic ring is 1. The smallest absolute Gasteiger partial charge is 0.140 e. The average Bonchev–Trinajstić information content (AvgIpc) is 2.39. The lowest BCUT2D eigenvalue weighted by Crippen LogP contribution is -2.07. The predicted molar refractivity (Wildman–Crippen MR) is 77.3 cm³/mol. The van der Waals surface area contributed by atoms with E-state index in [1.807, 2.05) is 42.5 Å².